The summed E-state index contributed by atoms with van der Waals surface area (Å²) in [6.45, 7) is 0.637. The van der Waals surface area contributed by atoms with Crippen LogP contribution in [0.2, 0.25) is 0 Å². The van der Waals surface area contributed by atoms with E-state index in [1.807, 2.05) is 12.1 Å². The Labute approximate surface area is 225 Å². The minimum atomic E-state index is -0.272. The highest BCUT2D eigenvalue weighted by Gasteiger charge is 2.52. The van der Waals surface area contributed by atoms with Crippen molar-refractivity contribution >= 4 is 11.9 Å². The predicted octanol–water partition coefficient (Wildman–Crippen LogP) is 5.16. The molecule has 1 aromatic heterocycles. The number of nitrogens with one attached hydrogen (secondary N) is 1. The van der Waals surface area contributed by atoms with E-state index in [1.165, 1.54) is 51.2 Å². The number of hydrogen-bond donors (Lipinski definition) is 1. The number of hydrogen-bond acceptors (Lipinski definition) is 7. The molecule has 0 radical (unpaired) electrons. The molecule has 1 saturated carbocycles. The highest BCUT2D eigenvalue weighted by atomic mass is 16.5. The molecule has 3 fully saturated rings. The van der Waals surface area contributed by atoms with Gasteiger partial charge in [0.15, 0.2) is 0 Å². The van der Waals surface area contributed by atoms with Crippen LogP contribution in [0.1, 0.15) is 104 Å². The van der Waals surface area contributed by atoms with Crippen LogP contribution in [0.5, 0.6) is 0 Å². The first-order valence-electron chi connectivity index (χ1n) is 14.5. The van der Waals surface area contributed by atoms with Crippen LogP contribution >= 0.6 is 0 Å². The fraction of sp³-hybridized carbons (Fsp3) is 0.667. The lowest BCUT2D eigenvalue weighted by atomic mass is 9.75. The van der Waals surface area contributed by atoms with Crippen LogP contribution in [-0.4, -0.2) is 47.9 Å². The standard InChI is InChI=1S/C30H41N3O5/c1-36-26(34)17-14-21-12-5-6-13-22(21)19-23-24-15-16-25(37-24)27(23)30-32-28(33-38-30)29(35)31-18-8-7-11-20-9-3-2-4-10-20/h5-6,12-13,20,23-25,27H,2-4,7-11,14-19H2,1H3,(H,31,35)/t23-,24-,25+,27-/m1/s1. The number of carbonyl (C=O) groups excluding carboxylic acids is 2. The molecule has 2 aromatic rings. The van der Waals surface area contributed by atoms with Crippen molar-refractivity contribution in [3.05, 3.63) is 47.1 Å². The third kappa shape index (κ3) is 6.45. The molecule has 1 aliphatic carbocycles. The van der Waals surface area contributed by atoms with Crippen LogP contribution in [0.4, 0.5) is 0 Å². The fourth-order valence-corrected chi connectivity index (χ4v) is 6.75. The second-order valence-corrected chi connectivity index (χ2v) is 11.2. The van der Waals surface area contributed by atoms with Crippen molar-refractivity contribution in [3.8, 4) is 0 Å². The number of carbonyl (C=O) groups is 2. The van der Waals surface area contributed by atoms with E-state index in [9.17, 15) is 9.59 Å². The lowest BCUT2D eigenvalue weighted by Gasteiger charge is -2.26. The molecule has 2 aliphatic heterocycles. The zero-order chi connectivity index (χ0) is 26.3. The Morgan fingerprint density at radius 2 is 1.82 bits per heavy atom. The van der Waals surface area contributed by atoms with Gasteiger partial charge in [-0.15, -0.1) is 0 Å². The summed E-state index contributed by atoms with van der Waals surface area (Å²) in [5.74, 6) is 1.14. The molecule has 1 aromatic carbocycles. The maximum Gasteiger partial charge on any atom is 0.305 e. The molecular formula is C30H41N3O5. The Balaban J connectivity index is 1.17. The smallest absolute Gasteiger partial charge is 0.305 e. The van der Waals surface area contributed by atoms with Gasteiger partial charge in [-0.1, -0.05) is 74.4 Å². The summed E-state index contributed by atoms with van der Waals surface area (Å²) in [5, 5.41) is 7.00. The summed E-state index contributed by atoms with van der Waals surface area (Å²) in [4.78, 5) is 28.9. The Morgan fingerprint density at radius 3 is 2.63 bits per heavy atom. The van der Waals surface area contributed by atoms with Crippen molar-refractivity contribution in [1.29, 1.82) is 0 Å². The molecular weight excluding hydrogens is 482 g/mol. The van der Waals surface area contributed by atoms with E-state index in [0.717, 1.165) is 43.6 Å². The lowest BCUT2D eigenvalue weighted by Crippen LogP contribution is -2.28. The number of fused-ring (bicyclic) bond motifs is 2. The molecule has 4 atom stereocenters. The largest absolute Gasteiger partial charge is 0.469 e. The molecule has 5 rings (SSSR count). The summed E-state index contributed by atoms with van der Waals surface area (Å²) < 4.78 is 16.8. The van der Waals surface area contributed by atoms with Gasteiger partial charge in [0, 0.05) is 18.9 Å². The number of nitrogens with zero attached hydrogens (tertiary/aromatic N) is 2. The number of benzene rings is 1. The van der Waals surface area contributed by atoms with Gasteiger partial charge in [-0.25, -0.2) is 0 Å². The second kappa shape index (κ2) is 12.9. The molecule has 1 N–H and O–H groups in total. The predicted molar refractivity (Wildman–Crippen MR) is 142 cm³/mol. The Hall–Kier alpha value is -2.74. The second-order valence-electron chi connectivity index (χ2n) is 11.2. The zero-order valence-corrected chi connectivity index (χ0v) is 22.5. The van der Waals surface area contributed by atoms with Crippen molar-refractivity contribution in [2.45, 2.75) is 102 Å². The number of unbranched alkanes of at least 4 members (excludes halogenated alkanes) is 1. The number of rotatable bonds is 12. The number of amides is 1. The monoisotopic (exact) mass is 523 g/mol. The number of ether oxygens (including phenoxy) is 2. The molecule has 0 unspecified atom stereocenters. The topological polar surface area (TPSA) is 104 Å². The molecule has 8 heteroatoms. The summed E-state index contributed by atoms with van der Waals surface area (Å²) in [7, 11) is 1.42. The highest BCUT2D eigenvalue weighted by molar-refractivity contribution is 5.90. The number of methoxy groups -OCH3 is 1. The van der Waals surface area contributed by atoms with Crippen LogP contribution in [0.15, 0.2) is 28.8 Å². The van der Waals surface area contributed by atoms with Gasteiger partial charge < -0.3 is 19.3 Å². The van der Waals surface area contributed by atoms with Gasteiger partial charge in [0.2, 0.25) is 5.89 Å². The van der Waals surface area contributed by atoms with Crippen molar-refractivity contribution in [2.24, 2.45) is 11.8 Å². The highest BCUT2D eigenvalue weighted by Crippen LogP contribution is 2.49. The molecule has 38 heavy (non-hydrogen) atoms. The minimum absolute atomic E-state index is 0.0309. The summed E-state index contributed by atoms with van der Waals surface area (Å²) in [5.41, 5.74) is 2.35. The summed E-state index contributed by atoms with van der Waals surface area (Å²) in [6.07, 6.45) is 14.2. The SMILES string of the molecule is COC(=O)CCc1ccccc1C[C@H]1[C@@H](c2nc(C(=O)NCCCCC3CCCCC3)no2)[C@@H]2CC[C@H]1O2. The van der Waals surface area contributed by atoms with Crippen molar-refractivity contribution < 1.29 is 23.6 Å². The third-order valence-corrected chi connectivity index (χ3v) is 8.80. The van der Waals surface area contributed by atoms with E-state index in [4.69, 9.17) is 14.0 Å². The maximum atomic E-state index is 12.7. The van der Waals surface area contributed by atoms with Crippen LogP contribution < -0.4 is 5.32 Å². The Bertz CT molecular complexity index is 1080. The van der Waals surface area contributed by atoms with Crippen LogP contribution in [0.3, 0.4) is 0 Å². The molecule has 2 bridgehead atoms. The van der Waals surface area contributed by atoms with Crippen LogP contribution in [-0.2, 0) is 27.1 Å². The Kier molecular flexibility index (Phi) is 9.10. The summed E-state index contributed by atoms with van der Waals surface area (Å²) >= 11 is 0. The number of aromatic nitrogens is 2. The van der Waals surface area contributed by atoms with E-state index < -0.39 is 0 Å². The van der Waals surface area contributed by atoms with Gasteiger partial charge in [0.1, 0.15) is 0 Å². The van der Waals surface area contributed by atoms with E-state index in [-0.39, 0.29) is 41.7 Å². The molecule has 3 aliphatic rings. The lowest BCUT2D eigenvalue weighted by molar-refractivity contribution is -0.140. The van der Waals surface area contributed by atoms with E-state index in [0.29, 0.717) is 25.3 Å². The van der Waals surface area contributed by atoms with Gasteiger partial charge >= 0.3 is 5.97 Å². The van der Waals surface area contributed by atoms with Crippen molar-refractivity contribution in [3.63, 3.8) is 0 Å². The first-order chi connectivity index (χ1) is 18.6. The molecule has 3 heterocycles. The minimum Gasteiger partial charge on any atom is -0.469 e. The normalized spacial score (nSPS) is 25.0. The van der Waals surface area contributed by atoms with Gasteiger partial charge in [-0.3, -0.25) is 9.59 Å². The van der Waals surface area contributed by atoms with Crippen LogP contribution in [0, 0.1) is 11.8 Å². The van der Waals surface area contributed by atoms with Gasteiger partial charge in [0.05, 0.1) is 25.2 Å². The molecule has 206 valence electrons. The first kappa shape index (κ1) is 26.9. The van der Waals surface area contributed by atoms with Gasteiger partial charge in [-0.2, -0.15) is 4.98 Å². The zero-order valence-electron chi connectivity index (χ0n) is 22.5. The number of esters is 1. The molecule has 0 spiro atoms. The van der Waals surface area contributed by atoms with E-state index in [1.54, 1.807) is 0 Å². The third-order valence-electron chi connectivity index (χ3n) is 8.80. The number of aryl methyl sites for hydroxylation is 1. The van der Waals surface area contributed by atoms with Crippen molar-refractivity contribution in [1.82, 2.24) is 15.5 Å². The van der Waals surface area contributed by atoms with Crippen molar-refractivity contribution in [2.75, 3.05) is 13.7 Å². The average molecular weight is 524 g/mol. The maximum absolute atomic E-state index is 12.7. The summed E-state index contributed by atoms with van der Waals surface area (Å²) in [6, 6.07) is 8.23. The fourth-order valence-electron chi connectivity index (χ4n) is 6.75. The molecule has 8 nitrogen and oxygen atoms in total. The first-order valence-corrected chi connectivity index (χ1v) is 14.5. The molecule has 1 amide bonds. The van der Waals surface area contributed by atoms with Gasteiger partial charge in [0.25, 0.3) is 11.7 Å². The Morgan fingerprint density at radius 1 is 1.03 bits per heavy atom. The van der Waals surface area contributed by atoms with Gasteiger partial charge in [-0.05, 0) is 49.1 Å². The average Bonchev–Trinajstić information content (AvgIpc) is 3.70. The van der Waals surface area contributed by atoms with E-state index >= 15 is 0 Å². The quantitative estimate of drug-likeness (QED) is 0.303. The van der Waals surface area contributed by atoms with Crippen LogP contribution in [0.25, 0.3) is 0 Å². The molecule has 2 saturated heterocycles. The van der Waals surface area contributed by atoms with E-state index in [2.05, 4.69) is 27.6 Å².